The molecule has 0 aromatic heterocycles. The molecule has 0 spiro atoms. The number of rotatable bonds is 6. The summed E-state index contributed by atoms with van der Waals surface area (Å²) in [5.74, 6) is 2.22. The summed E-state index contributed by atoms with van der Waals surface area (Å²) >= 11 is 0. The van der Waals surface area contributed by atoms with Gasteiger partial charge in [0, 0.05) is 19.7 Å². The molecule has 0 unspecified atom stereocenters. The maximum Gasteiger partial charge on any atom is 0.191 e. The smallest absolute Gasteiger partial charge is 0.191 e. The normalized spacial score (nSPS) is 17.7. The van der Waals surface area contributed by atoms with Gasteiger partial charge in [-0.15, -0.1) is 24.0 Å². The van der Waals surface area contributed by atoms with E-state index < -0.39 is 0 Å². The van der Waals surface area contributed by atoms with Crippen molar-refractivity contribution in [3.05, 3.63) is 0 Å². The minimum Gasteiger partial charge on any atom is -0.380 e. The Balaban J connectivity index is 0.00000324. The minimum atomic E-state index is 0. The van der Waals surface area contributed by atoms with Gasteiger partial charge in [-0.05, 0) is 31.1 Å². The largest absolute Gasteiger partial charge is 0.380 e. The first kappa shape index (κ1) is 19.0. The molecule has 1 heterocycles. The molecular weight excluding hydrogens is 353 g/mol. The number of aliphatic imine (C=N–C) groups is 1. The lowest BCUT2D eigenvalue weighted by Crippen LogP contribution is -2.42. The van der Waals surface area contributed by atoms with E-state index in [-0.39, 0.29) is 24.0 Å². The van der Waals surface area contributed by atoms with E-state index in [2.05, 4.69) is 30.7 Å². The maximum atomic E-state index is 5.98. The standard InChI is InChI=1S/C14H29N3O.HI/c1-12(2)6-10-18-11-7-16-14(15)17-8-4-13(3)5-9-17;/h12-13H,4-11H2,1-3H3,(H2,15,16);1H. The number of ether oxygens (including phenoxy) is 1. The van der Waals surface area contributed by atoms with Crippen LogP contribution in [0.5, 0.6) is 0 Å². The Labute approximate surface area is 135 Å². The number of halogens is 1. The number of nitrogens with two attached hydrogens (primary N) is 1. The molecule has 0 amide bonds. The Hall–Kier alpha value is -0.0400. The molecule has 2 N–H and O–H groups in total. The van der Waals surface area contributed by atoms with E-state index in [1.54, 1.807) is 0 Å². The van der Waals surface area contributed by atoms with Crippen LogP contribution in [0.2, 0.25) is 0 Å². The van der Waals surface area contributed by atoms with E-state index in [0.29, 0.717) is 25.0 Å². The van der Waals surface area contributed by atoms with Gasteiger partial charge in [-0.2, -0.15) is 0 Å². The highest BCUT2D eigenvalue weighted by Gasteiger charge is 2.16. The van der Waals surface area contributed by atoms with E-state index in [0.717, 1.165) is 32.0 Å². The second-order valence-corrected chi connectivity index (χ2v) is 5.70. The molecule has 0 radical (unpaired) electrons. The van der Waals surface area contributed by atoms with Crippen LogP contribution in [0.25, 0.3) is 0 Å². The number of nitrogens with zero attached hydrogens (tertiary/aromatic N) is 2. The Bertz CT molecular complexity index is 251. The van der Waals surface area contributed by atoms with Gasteiger partial charge in [0.05, 0.1) is 13.2 Å². The summed E-state index contributed by atoms with van der Waals surface area (Å²) < 4.78 is 5.52. The van der Waals surface area contributed by atoms with Gasteiger partial charge in [-0.3, -0.25) is 4.99 Å². The molecule has 114 valence electrons. The Morgan fingerprint density at radius 3 is 2.53 bits per heavy atom. The van der Waals surface area contributed by atoms with Crippen molar-refractivity contribution >= 4 is 29.9 Å². The zero-order valence-electron chi connectivity index (χ0n) is 12.6. The van der Waals surface area contributed by atoms with Crippen LogP contribution in [0.15, 0.2) is 4.99 Å². The SMILES string of the molecule is CC(C)CCOCCN=C(N)N1CCC(C)CC1.I. The van der Waals surface area contributed by atoms with Crippen molar-refractivity contribution in [3.63, 3.8) is 0 Å². The molecule has 1 aliphatic heterocycles. The first-order valence-corrected chi connectivity index (χ1v) is 7.22. The Kier molecular flexibility index (Phi) is 10.7. The number of piperidine rings is 1. The summed E-state index contributed by atoms with van der Waals surface area (Å²) in [5, 5.41) is 0. The maximum absolute atomic E-state index is 5.98. The molecular formula is C14H30IN3O. The third kappa shape index (κ3) is 8.68. The summed E-state index contributed by atoms with van der Waals surface area (Å²) in [6, 6.07) is 0. The van der Waals surface area contributed by atoms with Crippen molar-refractivity contribution in [2.75, 3.05) is 32.8 Å². The second kappa shape index (κ2) is 10.7. The molecule has 0 aliphatic carbocycles. The number of hydrogen-bond acceptors (Lipinski definition) is 2. The highest BCUT2D eigenvalue weighted by atomic mass is 127. The van der Waals surface area contributed by atoms with E-state index >= 15 is 0 Å². The van der Waals surface area contributed by atoms with Crippen molar-refractivity contribution in [2.45, 2.75) is 40.0 Å². The van der Waals surface area contributed by atoms with E-state index in [9.17, 15) is 0 Å². The summed E-state index contributed by atoms with van der Waals surface area (Å²) in [4.78, 5) is 6.57. The molecule has 1 fully saturated rings. The van der Waals surface area contributed by atoms with Crippen LogP contribution in [0.3, 0.4) is 0 Å². The predicted molar refractivity (Wildman–Crippen MR) is 92.1 cm³/mol. The molecule has 0 aromatic rings. The fraction of sp³-hybridized carbons (Fsp3) is 0.929. The molecule has 0 aromatic carbocycles. The zero-order chi connectivity index (χ0) is 13.4. The third-order valence-electron chi connectivity index (χ3n) is 3.46. The van der Waals surface area contributed by atoms with E-state index in [4.69, 9.17) is 10.5 Å². The van der Waals surface area contributed by atoms with Crippen molar-refractivity contribution in [1.29, 1.82) is 0 Å². The van der Waals surface area contributed by atoms with Crippen molar-refractivity contribution in [1.82, 2.24) is 4.90 Å². The van der Waals surface area contributed by atoms with Crippen LogP contribution in [-0.2, 0) is 4.74 Å². The van der Waals surface area contributed by atoms with E-state index in [1.807, 2.05) is 0 Å². The molecule has 1 saturated heterocycles. The fourth-order valence-electron chi connectivity index (χ4n) is 1.98. The first-order valence-electron chi connectivity index (χ1n) is 7.22. The molecule has 0 atom stereocenters. The molecule has 19 heavy (non-hydrogen) atoms. The summed E-state index contributed by atoms with van der Waals surface area (Å²) in [6.07, 6.45) is 3.56. The highest BCUT2D eigenvalue weighted by molar-refractivity contribution is 14.0. The van der Waals surface area contributed by atoms with Crippen LogP contribution in [0, 0.1) is 11.8 Å². The summed E-state index contributed by atoms with van der Waals surface area (Å²) in [6.45, 7) is 11.0. The monoisotopic (exact) mass is 383 g/mol. The van der Waals surface area contributed by atoms with Crippen LogP contribution in [0.4, 0.5) is 0 Å². The first-order chi connectivity index (χ1) is 8.59. The van der Waals surface area contributed by atoms with Gasteiger partial charge in [0.25, 0.3) is 0 Å². The van der Waals surface area contributed by atoms with Crippen LogP contribution in [-0.4, -0.2) is 43.7 Å². The lowest BCUT2D eigenvalue weighted by molar-refractivity contribution is 0.130. The van der Waals surface area contributed by atoms with Gasteiger partial charge in [0.1, 0.15) is 0 Å². The van der Waals surface area contributed by atoms with Gasteiger partial charge in [-0.1, -0.05) is 20.8 Å². The second-order valence-electron chi connectivity index (χ2n) is 5.70. The van der Waals surface area contributed by atoms with Crippen LogP contribution >= 0.6 is 24.0 Å². The third-order valence-corrected chi connectivity index (χ3v) is 3.46. The zero-order valence-corrected chi connectivity index (χ0v) is 14.9. The lowest BCUT2D eigenvalue weighted by atomic mass is 10.00. The van der Waals surface area contributed by atoms with Crippen LogP contribution < -0.4 is 5.73 Å². The molecule has 1 rings (SSSR count). The molecule has 5 heteroatoms. The number of likely N-dealkylation sites (tertiary alicyclic amines) is 1. The van der Waals surface area contributed by atoms with Gasteiger partial charge in [0.2, 0.25) is 0 Å². The number of hydrogen-bond donors (Lipinski definition) is 1. The minimum absolute atomic E-state index is 0. The molecule has 0 saturated carbocycles. The predicted octanol–water partition coefficient (Wildman–Crippen LogP) is 2.71. The summed E-state index contributed by atoms with van der Waals surface area (Å²) in [5.41, 5.74) is 5.98. The van der Waals surface area contributed by atoms with Crippen molar-refractivity contribution in [2.24, 2.45) is 22.6 Å². The quantitative estimate of drug-likeness (QED) is 0.332. The lowest BCUT2D eigenvalue weighted by Gasteiger charge is -2.31. The molecule has 4 nitrogen and oxygen atoms in total. The fourth-order valence-corrected chi connectivity index (χ4v) is 1.98. The highest BCUT2D eigenvalue weighted by Crippen LogP contribution is 2.15. The molecule has 1 aliphatic rings. The van der Waals surface area contributed by atoms with Crippen molar-refractivity contribution in [3.8, 4) is 0 Å². The van der Waals surface area contributed by atoms with Gasteiger partial charge >= 0.3 is 0 Å². The van der Waals surface area contributed by atoms with Gasteiger partial charge in [0.15, 0.2) is 5.96 Å². The van der Waals surface area contributed by atoms with Gasteiger partial charge in [-0.25, -0.2) is 0 Å². The average Bonchev–Trinajstić information content (AvgIpc) is 2.34. The molecule has 0 bridgehead atoms. The van der Waals surface area contributed by atoms with Gasteiger partial charge < -0.3 is 15.4 Å². The van der Waals surface area contributed by atoms with E-state index in [1.165, 1.54) is 12.8 Å². The Morgan fingerprint density at radius 1 is 1.32 bits per heavy atom. The number of guanidine groups is 1. The van der Waals surface area contributed by atoms with Crippen molar-refractivity contribution < 1.29 is 4.74 Å². The average molecular weight is 383 g/mol. The topological polar surface area (TPSA) is 50.9 Å². The van der Waals surface area contributed by atoms with Crippen LogP contribution in [0.1, 0.15) is 40.0 Å². The Morgan fingerprint density at radius 2 is 1.95 bits per heavy atom. The summed E-state index contributed by atoms with van der Waals surface area (Å²) in [7, 11) is 0.